The fraction of sp³-hybridized carbons (Fsp3) is 0.0455. The van der Waals surface area contributed by atoms with Crippen molar-refractivity contribution in [2.45, 2.75) is 6.61 Å². The second kappa shape index (κ2) is 8.03. The molecule has 0 saturated heterocycles. The van der Waals surface area contributed by atoms with E-state index in [4.69, 9.17) is 21.1 Å². The van der Waals surface area contributed by atoms with Crippen LogP contribution in [0.1, 0.15) is 21.5 Å². The number of hydrogen-bond acceptors (Lipinski definition) is 3. The van der Waals surface area contributed by atoms with Gasteiger partial charge in [0.1, 0.15) is 18.1 Å². The second-order valence-electron chi connectivity index (χ2n) is 6.49. The molecular formula is C22H10ClF5O3. The first kappa shape index (κ1) is 20.9. The minimum absolute atomic E-state index is 0.00299. The topological polar surface area (TPSA) is 35.5 Å². The van der Waals surface area contributed by atoms with Crippen LogP contribution >= 0.6 is 11.6 Å². The van der Waals surface area contributed by atoms with E-state index in [1.165, 1.54) is 24.3 Å². The van der Waals surface area contributed by atoms with Gasteiger partial charge >= 0.3 is 0 Å². The number of Topliss-reactive ketones (excluding diaryl/α,β-unsaturated/α-hetero) is 1. The molecule has 0 radical (unpaired) electrons. The molecule has 1 aliphatic rings. The van der Waals surface area contributed by atoms with E-state index >= 15 is 0 Å². The van der Waals surface area contributed by atoms with Gasteiger partial charge in [-0.2, -0.15) is 0 Å². The Balaban J connectivity index is 1.55. The molecule has 158 valence electrons. The number of allylic oxidation sites excluding steroid dienone is 1. The maximum absolute atomic E-state index is 13.8. The molecule has 0 amide bonds. The monoisotopic (exact) mass is 452 g/mol. The van der Waals surface area contributed by atoms with E-state index in [0.29, 0.717) is 10.6 Å². The quantitative estimate of drug-likeness (QED) is 0.204. The molecular weight excluding hydrogens is 443 g/mol. The summed E-state index contributed by atoms with van der Waals surface area (Å²) in [5.74, 6) is -10.5. The maximum Gasteiger partial charge on any atom is 0.231 e. The molecule has 0 saturated carbocycles. The number of carbonyl (C=O) groups excluding carboxylic acids is 1. The molecule has 0 spiro atoms. The minimum Gasteiger partial charge on any atom is -0.489 e. The Labute approximate surface area is 177 Å². The van der Waals surface area contributed by atoms with E-state index in [2.05, 4.69) is 0 Å². The molecule has 0 aromatic heterocycles. The lowest BCUT2D eigenvalue weighted by Crippen LogP contribution is -2.09. The Morgan fingerprint density at radius 2 is 1.48 bits per heavy atom. The van der Waals surface area contributed by atoms with Gasteiger partial charge in [0.25, 0.3) is 0 Å². The smallest absolute Gasteiger partial charge is 0.231 e. The van der Waals surface area contributed by atoms with E-state index in [1.54, 1.807) is 24.3 Å². The van der Waals surface area contributed by atoms with E-state index in [-0.39, 0.29) is 22.8 Å². The Morgan fingerprint density at radius 1 is 0.871 bits per heavy atom. The van der Waals surface area contributed by atoms with Gasteiger partial charge in [-0.15, -0.1) is 0 Å². The average Bonchev–Trinajstić information content (AvgIpc) is 3.07. The highest BCUT2D eigenvalue weighted by atomic mass is 35.5. The molecule has 3 aromatic carbocycles. The first-order chi connectivity index (χ1) is 14.8. The van der Waals surface area contributed by atoms with Crippen molar-refractivity contribution in [2.24, 2.45) is 0 Å². The molecule has 1 heterocycles. The molecule has 1 aliphatic heterocycles. The van der Waals surface area contributed by atoms with Crippen molar-refractivity contribution in [1.82, 2.24) is 0 Å². The average molecular weight is 453 g/mol. The zero-order valence-electron chi connectivity index (χ0n) is 15.3. The van der Waals surface area contributed by atoms with Crippen molar-refractivity contribution in [1.29, 1.82) is 0 Å². The van der Waals surface area contributed by atoms with Crippen LogP contribution in [0.25, 0.3) is 6.08 Å². The van der Waals surface area contributed by atoms with Crippen molar-refractivity contribution in [3.63, 3.8) is 0 Å². The van der Waals surface area contributed by atoms with Gasteiger partial charge in [-0.25, -0.2) is 22.0 Å². The van der Waals surface area contributed by atoms with E-state index in [0.717, 1.165) is 0 Å². The summed E-state index contributed by atoms with van der Waals surface area (Å²) in [7, 11) is 0. The summed E-state index contributed by atoms with van der Waals surface area (Å²) in [5, 5.41) is 0.527. The number of fused-ring (bicyclic) bond motifs is 1. The predicted molar refractivity (Wildman–Crippen MR) is 101 cm³/mol. The maximum atomic E-state index is 13.8. The SMILES string of the molecule is O=C1/C(=C/c2ccc(Cl)cc2)Oc2cc(OCc3c(F)c(F)c(F)c(F)c3F)ccc21. The highest BCUT2D eigenvalue weighted by Gasteiger charge is 2.29. The standard InChI is InChI=1S/C22H10ClF5O3/c23-11-3-1-10(2-4-11)7-16-22(29)13-6-5-12(8-15(13)31-16)30-9-14-17(24)19(26)21(28)20(27)18(14)25/h1-8H,9H2/b16-7-. The van der Waals surface area contributed by atoms with Crippen molar-refractivity contribution < 1.29 is 36.2 Å². The van der Waals surface area contributed by atoms with Gasteiger partial charge in [0.15, 0.2) is 29.0 Å². The molecule has 31 heavy (non-hydrogen) atoms. The fourth-order valence-electron chi connectivity index (χ4n) is 2.90. The number of ether oxygens (including phenoxy) is 2. The van der Waals surface area contributed by atoms with E-state index in [9.17, 15) is 26.7 Å². The summed E-state index contributed by atoms with van der Waals surface area (Å²) in [6.45, 7) is -0.925. The summed E-state index contributed by atoms with van der Waals surface area (Å²) in [5.41, 5.74) is -0.218. The van der Waals surface area contributed by atoms with E-state index in [1.807, 2.05) is 0 Å². The van der Waals surface area contributed by atoms with Crippen LogP contribution in [-0.4, -0.2) is 5.78 Å². The van der Waals surface area contributed by atoms with Gasteiger partial charge in [-0.3, -0.25) is 4.79 Å². The van der Waals surface area contributed by atoms with Gasteiger partial charge in [-0.05, 0) is 35.9 Å². The first-order valence-corrected chi connectivity index (χ1v) is 9.11. The molecule has 4 rings (SSSR count). The van der Waals surface area contributed by atoms with Crippen molar-refractivity contribution in [3.05, 3.63) is 99.0 Å². The van der Waals surface area contributed by atoms with Crippen LogP contribution in [0.5, 0.6) is 11.5 Å². The van der Waals surface area contributed by atoms with E-state index < -0.39 is 47.0 Å². The summed E-state index contributed by atoms with van der Waals surface area (Å²) in [4.78, 5) is 12.5. The molecule has 0 fully saturated rings. The summed E-state index contributed by atoms with van der Waals surface area (Å²) in [6, 6.07) is 10.6. The molecule has 9 heteroatoms. The number of benzene rings is 3. The minimum atomic E-state index is -2.25. The molecule has 0 bridgehead atoms. The largest absolute Gasteiger partial charge is 0.489 e. The zero-order chi connectivity index (χ0) is 22.3. The van der Waals surface area contributed by atoms with Crippen LogP contribution in [-0.2, 0) is 6.61 Å². The fourth-order valence-corrected chi connectivity index (χ4v) is 3.03. The lowest BCUT2D eigenvalue weighted by atomic mass is 10.1. The summed E-state index contributed by atoms with van der Waals surface area (Å²) in [6.07, 6.45) is 1.51. The third-order valence-corrected chi connectivity index (χ3v) is 4.75. The molecule has 3 aromatic rings. The highest BCUT2D eigenvalue weighted by Crippen LogP contribution is 2.35. The molecule has 0 N–H and O–H groups in total. The molecule has 3 nitrogen and oxygen atoms in total. The first-order valence-electron chi connectivity index (χ1n) is 8.73. The normalized spacial score (nSPS) is 14.0. The van der Waals surface area contributed by atoms with Gasteiger partial charge < -0.3 is 9.47 Å². The van der Waals surface area contributed by atoms with Crippen molar-refractivity contribution in [3.8, 4) is 11.5 Å². The van der Waals surface area contributed by atoms with Gasteiger partial charge in [0.05, 0.1) is 11.1 Å². The third kappa shape index (κ3) is 3.86. The van der Waals surface area contributed by atoms with Crippen molar-refractivity contribution >= 4 is 23.5 Å². The van der Waals surface area contributed by atoms with Crippen LogP contribution < -0.4 is 9.47 Å². The second-order valence-corrected chi connectivity index (χ2v) is 6.92. The van der Waals surface area contributed by atoms with Gasteiger partial charge in [0, 0.05) is 11.1 Å². The predicted octanol–water partition coefficient (Wildman–Crippen LogP) is 6.23. The van der Waals surface area contributed by atoms with Crippen LogP contribution in [0.2, 0.25) is 5.02 Å². The number of carbonyl (C=O) groups is 1. The molecule has 0 atom stereocenters. The van der Waals surface area contributed by atoms with Crippen molar-refractivity contribution in [2.75, 3.05) is 0 Å². The summed E-state index contributed by atoms with van der Waals surface area (Å²) < 4.78 is 78.0. The number of rotatable bonds is 4. The highest BCUT2D eigenvalue weighted by molar-refractivity contribution is 6.30. The third-order valence-electron chi connectivity index (χ3n) is 4.49. The zero-order valence-corrected chi connectivity index (χ0v) is 16.1. The number of hydrogen-bond donors (Lipinski definition) is 0. The lowest BCUT2D eigenvalue weighted by Gasteiger charge is -2.10. The number of ketones is 1. The Bertz CT molecular complexity index is 1210. The van der Waals surface area contributed by atoms with Crippen LogP contribution in [0.4, 0.5) is 22.0 Å². The van der Waals surface area contributed by atoms with Crippen LogP contribution in [0.15, 0.2) is 48.2 Å². The Kier molecular flexibility index (Phi) is 5.41. The van der Waals surface area contributed by atoms with Crippen LogP contribution in [0, 0.1) is 29.1 Å². The van der Waals surface area contributed by atoms with Gasteiger partial charge in [-0.1, -0.05) is 23.7 Å². The van der Waals surface area contributed by atoms with Gasteiger partial charge in [0.2, 0.25) is 11.6 Å². The Morgan fingerprint density at radius 3 is 2.13 bits per heavy atom. The lowest BCUT2D eigenvalue weighted by molar-refractivity contribution is 0.101. The summed E-state index contributed by atoms with van der Waals surface area (Å²) >= 11 is 5.83. The molecule has 0 aliphatic carbocycles. The number of halogens is 6. The molecule has 0 unspecified atom stereocenters. The Hall–Kier alpha value is -3.39. The van der Waals surface area contributed by atoms with Crippen LogP contribution in [0.3, 0.4) is 0 Å².